The molecule has 1 nitrogen and oxygen atoms in total. The molecule has 1 aliphatic heterocycles. The van der Waals surface area contributed by atoms with Crippen molar-refractivity contribution >= 4 is 5.57 Å². The number of rotatable bonds is 9. The van der Waals surface area contributed by atoms with Crippen LogP contribution in [-0.2, 0) is 11.2 Å². The van der Waals surface area contributed by atoms with Gasteiger partial charge in [0.25, 0.3) is 0 Å². The number of allylic oxidation sites excluding steroid dienone is 4. The first-order chi connectivity index (χ1) is 17.6. The van der Waals surface area contributed by atoms with Crippen LogP contribution in [0.4, 0.5) is 8.78 Å². The van der Waals surface area contributed by atoms with Crippen LogP contribution in [0.2, 0.25) is 0 Å². The lowest BCUT2D eigenvalue weighted by Crippen LogP contribution is -2.11. The van der Waals surface area contributed by atoms with E-state index >= 15 is 0 Å². The Hall–Kier alpha value is -2.26. The van der Waals surface area contributed by atoms with E-state index in [4.69, 9.17) is 4.74 Å². The largest absolute Gasteiger partial charge is 0.368 e. The Labute approximate surface area is 215 Å². The molecular formula is C33H40F2O. The summed E-state index contributed by atoms with van der Waals surface area (Å²) in [4.78, 5) is 0. The van der Waals surface area contributed by atoms with Gasteiger partial charge in [0.05, 0.1) is 6.61 Å². The molecule has 0 aromatic heterocycles. The van der Waals surface area contributed by atoms with E-state index in [2.05, 4.69) is 49.4 Å². The van der Waals surface area contributed by atoms with Gasteiger partial charge in [-0.3, -0.25) is 0 Å². The summed E-state index contributed by atoms with van der Waals surface area (Å²) in [6.07, 6.45) is 19.4. The first-order valence-electron chi connectivity index (χ1n) is 14.2. The van der Waals surface area contributed by atoms with Gasteiger partial charge in [-0.05, 0) is 98.7 Å². The van der Waals surface area contributed by atoms with Crippen molar-refractivity contribution in [3.05, 3.63) is 88.5 Å². The van der Waals surface area contributed by atoms with Gasteiger partial charge in [-0.25, -0.2) is 8.78 Å². The van der Waals surface area contributed by atoms with Gasteiger partial charge >= 0.3 is 0 Å². The maximum absolute atomic E-state index is 14.6. The van der Waals surface area contributed by atoms with Crippen LogP contribution < -0.4 is 0 Å². The molecule has 1 heterocycles. The summed E-state index contributed by atoms with van der Waals surface area (Å²) in [6.45, 7) is 2.73. The third kappa shape index (κ3) is 6.17. The van der Waals surface area contributed by atoms with Gasteiger partial charge in [-0.15, -0.1) is 0 Å². The Morgan fingerprint density at radius 3 is 2.39 bits per heavy atom. The minimum Gasteiger partial charge on any atom is -0.368 e. The van der Waals surface area contributed by atoms with Crippen LogP contribution in [0.3, 0.4) is 0 Å². The molecule has 192 valence electrons. The fourth-order valence-corrected chi connectivity index (χ4v) is 6.19. The Bertz CT molecular complexity index is 1070. The van der Waals surface area contributed by atoms with Gasteiger partial charge < -0.3 is 4.74 Å². The third-order valence-corrected chi connectivity index (χ3v) is 8.57. The number of aryl methyl sites for hydroxylation is 1. The predicted octanol–water partition coefficient (Wildman–Crippen LogP) is 9.48. The van der Waals surface area contributed by atoms with E-state index < -0.39 is 11.6 Å². The smallest absolute Gasteiger partial charge is 0.166 e. The summed E-state index contributed by atoms with van der Waals surface area (Å²) in [5.74, 6) is 0.642. The lowest BCUT2D eigenvalue weighted by Gasteiger charge is -2.27. The first-order valence-corrected chi connectivity index (χ1v) is 14.2. The molecule has 2 aliphatic carbocycles. The van der Waals surface area contributed by atoms with Crippen LogP contribution in [0.5, 0.6) is 0 Å². The zero-order valence-electron chi connectivity index (χ0n) is 21.7. The molecule has 2 unspecified atom stereocenters. The van der Waals surface area contributed by atoms with Crippen LogP contribution in [-0.4, -0.2) is 6.61 Å². The molecule has 0 spiro atoms. The average Bonchev–Trinajstić information content (AvgIpc) is 3.75. The molecule has 3 aliphatic rings. The SMILES string of the molecule is CCCc1ccc(C2CCC(/C=C/CCC3CC=C(c4ccc(C5CO5)c(F)c4F)CC3)CC2)cc1. The molecule has 0 amide bonds. The highest BCUT2D eigenvalue weighted by Crippen LogP contribution is 2.39. The monoisotopic (exact) mass is 490 g/mol. The highest BCUT2D eigenvalue weighted by atomic mass is 19.2. The van der Waals surface area contributed by atoms with Crippen LogP contribution >= 0.6 is 0 Å². The number of hydrogen-bond donors (Lipinski definition) is 0. The lowest BCUT2D eigenvalue weighted by atomic mass is 9.78. The number of benzene rings is 2. The summed E-state index contributed by atoms with van der Waals surface area (Å²) < 4.78 is 34.2. The van der Waals surface area contributed by atoms with E-state index in [1.807, 2.05) is 0 Å². The quantitative estimate of drug-likeness (QED) is 0.252. The van der Waals surface area contributed by atoms with Crippen molar-refractivity contribution in [3.63, 3.8) is 0 Å². The van der Waals surface area contributed by atoms with Gasteiger partial charge in [0, 0.05) is 11.1 Å². The van der Waals surface area contributed by atoms with E-state index in [0.29, 0.717) is 23.7 Å². The first kappa shape index (κ1) is 25.4. The minimum absolute atomic E-state index is 0.260. The lowest BCUT2D eigenvalue weighted by molar-refractivity contribution is 0.375. The number of halogens is 2. The molecule has 0 N–H and O–H groups in total. The van der Waals surface area contributed by atoms with Crippen molar-refractivity contribution < 1.29 is 13.5 Å². The third-order valence-electron chi connectivity index (χ3n) is 8.57. The predicted molar refractivity (Wildman–Crippen MR) is 144 cm³/mol. The van der Waals surface area contributed by atoms with E-state index in [1.54, 1.807) is 12.1 Å². The minimum atomic E-state index is -0.734. The van der Waals surface area contributed by atoms with Gasteiger partial charge in [0.2, 0.25) is 0 Å². The van der Waals surface area contributed by atoms with Crippen LogP contribution in [0.1, 0.15) is 105 Å². The number of ether oxygens (including phenoxy) is 1. The summed E-state index contributed by atoms with van der Waals surface area (Å²) in [7, 11) is 0. The fourth-order valence-electron chi connectivity index (χ4n) is 6.19. The van der Waals surface area contributed by atoms with E-state index in [0.717, 1.165) is 43.1 Å². The van der Waals surface area contributed by atoms with Gasteiger partial charge in [0.15, 0.2) is 11.6 Å². The zero-order chi connectivity index (χ0) is 24.9. The van der Waals surface area contributed by atoms with Crippen molar-refractivity contribution in [2.75, 3.05) is 6.61 Å². The topological polar surface area (TPSA) is 12.5 Å². The molecular weight excluding hydrogens is 450 g/mol. The molecule has 5 rings (SSSR count). The molecule has 1 saturated carbocycles. The van der Waals surface area contributed by atoms with E-state index in [1.165, 1.54) is 56.1 Å². The van der Waals surface area contributed by atoms with Crippen molar-refractivity contribution in [3.8, 4) is 0 Å². The molecule has 3 heteroatoms. The number of epoxide rings is 1. The average molecular weight is 491 g/mol. The second-order valence-electron chi connectivity index (χ2n) is 11.1. The maximum atomic E-state index is 14.6. The maximum Gasteiger partial charge on any atom is 0.166 e. The zero-order valence-corrected chi connectivity index (χ0v) is 21.7. The standard InChI is InChI=1S/C33H40F2O/c1-2-5-23-8-14-26(15-9-23)27-16-10-24(11-17-27)6-3-4-7-25-12-18-28(19-13-25)29-20-21-30(31-22-36-31)33(35)32(29)34/h3,6,8-9,14-15,18,20-21,24-25,27,31H,2,4-5,7,10-13,16-17,19,22H2,1H3/b6-3+. The highest BCUT2D eigenvalue weighted by Gasteiger charge is 2.30. The summed E-state index contributed by atoms with van der Waals surface area (Å²) in [6, 6.07) is 12.8. The van der Waals surface area contributed by atoms with Crippen molar-refractivity contribution in [1.29, 1.82) is 0 Å². The van der Waals surface area contributed by atoms with Gasteiger partial charge in [0.1, 0.15) is 6.10 Å². The summed E-state index contributed by atoms with van der Waals surface area (Å²) >= 11 is 0. The molecule has 36 heavy (non-hydrogen) atoms. The van der Waals surface area contributed by atoms with E-state index in [9.17, 15) is 8.78 Å². The van der Waals surface area contributed by atoms with Crippen LogP contribution in [0, 0.1) is 23.5 Å². The molecule has 2 atom stereocenters. The fraction of sp³-hybridized carbons (Fsp3) is 0.515. The van der Waals surface area contributed by atoms with Crippen molar-refractivity contribution in [1.82, 2.24) is 0 Å². The normalized spacial score (nSPS) is 26.2. The van der Waals surface area contributed by atoms with Gasteiger partial charge in [-0.2, -0.15) is 0 Å². The number of hydrogen-bond acceptors (Lipinski definition) is 1. The van der Waals surface area contributed by atoms with Crippen molar-refractivity contribution in [2.45, 2.75) is 89.6 Å². The van der Waals surface area contributed by atoms with E-state index in [-0.39, 0.29) is 6.10 Å². The van der Waals surface area contributed by atoms with Gasteiger partial charge in [-0.1, -0.05) is 68.0 Å². The highest BCUT2D eigenvalue weighted by molar-refractivity contribution is 5.67. The summed E-state index contributed by atoms with van der Waals surface area (Å²) in [5.41, 5.74) is 4.73. The Kier molecular flexibility index (Phi) is 8.36. The Morgan fingerprint density at radius 2 is 1.72 bits per heavy atom. The second-order valence-corrected chi connectivity index (χ2v) is 11.1. The second kappa shape index (κ2) is 11.9. The van der Waals surface area contributed by atoms with Crippen LogP contribution in [0.25, 0.3) is 5.57 Å². The van der Waals surface area contributed by atoms with Crippen LogP contribution in [0.15, 0.2) is 54.6 Å². The molecule has 2 aromatic rings. The Balaban J connectivity index is 1.04. The molecule has 2 aromatic carbocycles. The Morgan fingerprint density at radius 1 is 0.944 bits per heavy atom. The molecule has 2 fully saturated rings. The van der Waals surface area contributed by atoms with Crippen molar-refractivity contribution in [2.24, 2.45) is 11.8 Å². The molecule has 1 saturated heterocycles. The summed E-state index contributed by atoms with van der Waals surface area (Å²) in [5, 5.41) is 0. The molecule has 0 bridgehead atoms. The molecule has 0 radical (unpaired) electrons.